The predicted octanol–water partition coefficient (Wildman–Crippen LogP) is 2.04. The van der Waals surface area contributed by atoms with Crippen molar-refractivity contribution in [1.82, 2.24) is 9.03 Å². The molecule has 0 heterocycles. The molecule has 0 bridgehead atoms. The second kappa shape index (κ2) is 8.33. The fourth-order valence-electron chi connectivity index (χ4n) is 3.11. The SMILES string of the molecule is CN(C)S(=O)(=O)NC1CCC(C(=O)CC(=O)C2=CCCC(F)=C2)CC1. The summed E-state index contributed by atoms with van der Waals surface area (Å²) in [5, 5.41) is 0. The molecule has 0 atom stereocenters. The van der Waals surface area contributed by atoms with Gasteiger partial charge in [-0.2, -0.15) is 17.4 Å². The van der Waals surface area contributed by atoms with E-state index in [9.17, 15) is 22.4 Å². The van der Waals surface area contributed by atoms with Crippen LogP contribution in [0.4, 0.5) is 4.39 Å². The lowest BCUT2D eigenvalue weighted by Gasteiger charge is -2.29. The number of halogens is 1. The Bertz CT molecular complexity index is 689. The van der Waals surface area contributed by atoms with Crippen LogP contribution in [0.5, 0.6) is 0 Å². The molecule has 8 heteroatoms. The minimum atomic E-state index is -3.48. The smallest absolute Gasteiger partial charge is 0.279 e. The highest BCUT2D eigenvalue weighted by molar-refractivity contribution is 7.87. The summed E-state index contributed by atoms with van der Waals surface area (Å²) in [5.41, 5.74) is 0.282. The lowest BCUT2D eigenvalue weighted by molar-refractivity contribution is -0.128. The third-order valence-corrected chi connectivity index (χ3v) is 6.29. The zero-order valence-electron chi connectivity index (χ0n) is 14.6. The van der Waals surface area contributed by atoms with Crippen molar-refractivity contribution in [1.29, 1.82) is 0 Å². The molecule has 2 rings (SSSR count). The van der Waals surface area contributed by atoms with Gasteiger partial charge in [-0.05, 0) is 38.2 Å². The third kappa shape index (κ3) is 5.55. The average Bonchev–Trinajstić information content (AvgIpc) is 2.55. The topological polar surface area (TPSA) is 83.6 Å². The van der Waals surface area contributed by atoms with Crippen molar-refractivity contribution in [2.45, 2.75) is 51.0 Å². The highest BCUT2D eigenvalue weighted by Gasteiger charge is 2.30. The lowest BCUT2D eigenvalue weighted by Crippen LogP contribution is -2.44. The lowest BCUT2D eigenvalue weighted by atomic mass is 9.82. The van der Waals surface area contributed by atoms with Crippen molar-refractivity contribution in [3.63, 3.8) is 0 Å². The van der Waals surface area contributed by atoms with Gasteiger partial charge in [-0.3, -0.25) is 9.59 Å². The molecule has 1 saturated carbocycles. The molecule has 1 fully saturated rings. The second-order valence-electron chi connectivity index (χ2n) is 6.81. The van der Waals surface area contributed by atoms with Gasteiger partial charge < -0.3 is 0 Å². The molecule has 0 aromatic heterocycles. The normalized spacial score (nSPS) is 24.6. The predicted molar refractivity (Wildman–Crippen MR) is 92.6 cm³/mol. The maximum Gasteiger partial charge on any atom is 0.279 e. The minimum absolute atomic E-state index is 0.140. The molecular formula is C17H25FN2O4S. The van der Waals surface area contributed by atoms with Gasteiger partial charge in [0.15, 0.2) is 5.78 Å². The monoisotopic (exact) mass is 372 g/mol. The molecule has 1 N–H and O–H groups in total. The van der Waals surface area contributed by atoms with Crippen molar-refractivity contribution >= 4 is 21.8 Å². The highest BCUT2D eigenvalue weighted by Crippen LogP contribution is 2.27. The van der Waals surface area contributed by atoms with Crippen LogP contribution >= 0.6 is 0 Å². The van der Waals surface area contributed by atoms with Crippen LogP contribution in [0.1, 0.15) is 44.9 Å². The Morgan fingerprint density at radius 2 is 1.88 bits per heavy atom. The van der Waals surface area contributed by atoms with Gasteiger partial charge in [-0.15, -0.1) is 0 Å². The van der Waals surface area contributed by atoms with Crippen LogP contribution in [-0.2, 0) is 19.8 Å². The third-order valence-electron chi connectivity index (χ3n) is 4.70. The molecule has 0 aromatic rings. The fraction of sp³-hybridized carbons (Fsp3) is 0.647. The molecular weight excluding hydrogens is 347 g/mol. The van der Waals surface area contributed by atoms with Gasteiger partial charge in [0, 0.05) is 38.0 Å². The molecule has 0 radical (unpaired) electrons. The zero-order chi connectivity index (χ0) is 18.6. The van der Waals surface area contributed by atoms with E-state index in [1.54, 1.807) is 6.08 Å². The Balaban J connectivity index is 1.83. The van der Waals surface area contributed by atoms with Crippen LogP contribution in [0.3, 0.4) is 0 Å². The molecule has 25 heavy (non-hydrogen) atoms. The minimum Gasteiger partial charge on any atom is -0.299 e. The van der Waals surface area contributed by atoms with Gasteiger partial charge in [-0.25, -0.2) is 4.39 Å². The molecule has 6 nitrogen and oxygen atoms in total. The van der Waals surface area contributed by atoms with Gasteiger partial charge >= 0.3 is 0 Å². The van der Waals surface area contributed by atoms with Crippen LogP contribution in [0.15, 0.2) is 23.6 Å². The quantitative estimate of drug-likeness (QED) is 0.693. The van der Waals surface area contributed by atoms with Crippen molar-refractivity contribution in [3.8, 4) is 0 Å². The van der Waals surface area contributed by atoms with E-state index in [2.05, 4.69) is 4.72 Å². The first kappa shape index (κ1) is 19.9. The number of nitrogens with one attached hydrogen (secondary N) is 1. The Kier molecular flexibility index (Phi) is 6.65. The summed E-state index contributed by atoms with van der Waals surface area (Å²) in [6.45, 7) is 0. The first-order chi connectivity index (χ1) is 11.7. The van der Waals surface area contributed by atoms with Crippen molar-refractivity contribution in [3.05, 3.63) is 23.6 Å². The number of nitrogens with zero attached hydrogens (tertiary/aromatic N) is 1. The van der Waals surface area contributed by atoms with E-state index in [1.165, 1.54) is 20.2 Å². The van der Waals surface area contributed by atoms with E-state index >= 15 is 0 Å². The first-order valence-corrected chi connectivity index (χ1v) is 9.95. The van der Waals surface area contributed by atoms with Crippen molar-refractivity contribution < 1.29 is 22.4 Å². The van der Waals surface area contributed by atoms with Gasteiger partial charge in [0.2, 0.25) is 0 Å². The first-order valence-electron chi connectivity index (χ1n) is 8.51. The van der Waals surface area contributed by atoms with Crippen LogP contribution in [0, 0.1) is 5.92 Å². The van der Waals surface area contributed by atoms with Crippen LogP contribution in [-0.4, -0.2) is 44.4 Å². The summed E-state index contributed by atoms with van der Waals surface area (Å²) in [6.07, 6.45) is 5.69. The fourth-order valence-corrected chi connectivity index (χ4v) is 3.98. The maximum atomic E-state index is 13.2. The molecule has 0 spiro atoms. The number of hydrogen-bond acceptors (Lipinski definition) is 4. The Morgan fingerprint density at radius 1 is 1.24 bits per heavy atom. The number of ketones is 2. The summed E-state index contributed by atoms with van der Waals surface area (Å²) < 4.78 is 40.6. The van der Waals surface area contributed by atoms with E-state index in [0.717, 1.165) is 4.31 Å². The van der Waals surface area contributed by atoms with Crippen LogP contribution in [0.2, 0.25) is 0 Å². The number of Topliss-reactive ketones (excluding diaryl/α,β-unsaturated/α-hetero) is 2. The largest absolute Gasteiger partial charge is 0.299 e. The molecule has 0 aliphatic heterocycles. The van der Waals surface area contributed by atoms with Crippen molar-refractivity contribution in [2.75, 3.05) is 14.1 Å². The molecule has 0 unspecified atom stereocenters. The van der Waals surface area contributed by atoms with E-state index in [0.29, 0.717) is 38.5 Å². The number of allylic oxidation sites excluding steroid dienone is 4. The summed E-state index contributed by atoms with van der Waals surface area (Å²) in [5.74, 6) is -1.04. The van der Waals surface area contributed by atoms with Crippen molar-refractivity contribution in [2.24, 2.45) is 5.92 Å². The Hall–Kier alpha value is -1.38. The van der Waals surface area contributed by atoms with Gasteiger partial charge in [0.25, 0.3) is 10.2 Å². The van der Waals surface area contributed by atoms with E-state index in [-0.39, 0.29) is 41.3 Å². The molecule has 0 saturated heterocycles. The maximum absolute atomic E-state index is 13.2. The van der Waals surface area contributed by atoms with Gasteiger partial charge in [0.05, 0.1) is 6.42 Å². The summed E-state index contributed by atoms with van der Waals surface area (Å²) >= 11 is 0. The van der Waals surface area contributed by atoms with E-state index in [4.69, 9.17) is 0 Å². The van der Waals surface area contributed by atoms with Crippen LogP contribution < -0.4 is 4.72 Å². The van der Waals surface area contributed by atoms with Gasteiger partial charge in [0.1, 0.15) is 11.6 Å². The molecule has 0 aromatic carbocycles. The van der Waals surface area contributed by atoms with Gasteiger partial charge in [-0.1, -0.05) is 6.08 Å². The Morgan fingerprint density at radius 3 is 2.44 bits per heavy atom. The molecule has 2 aliphatic carbocycles. The number of hydrogen-bond donors (Lipinski definition) is 1. The highest BCUT2D eigenvalue weighted by atomic mass is 32.2. The zero-order valence-corrected chi connectivity index (χ0v) is 15.4. The average molecular weight is 372 g/mol. The summed E-state index contributed by atoms with van der Waals surface area (Å²) in [7, 11) is -0.562. The summed E-state index contributed by atoms with van der Waals surface area (Å²) in [6, 6.07) is -0.190. The number of carbonyl (C=O) groups excluding carboxylic acids is 2. The van der Waals surface area contributed by atoms with E-state index < -0.39 is 10.2 Å². The van der Waals surface area contributed by atoms with E-state index in [1.807, 2.05) is 0 Å². The number of carbonyl (C=O) groups is 2. The second-order valence-corrected chi connectivity index (χ2v) is 8.73. The van der Waals surface area contributed by atoms with Crippen LogP contribution in [0.25, 0.3) is 0 Å². The molecule has 0 amide bonds. The Labute approximate surface area is 148 Å². The summed E-state index contributed by atoms with van der Waals surface area (Å²) in [4.78, 5) is 24.4. The number of rotatable bonds is 7. The molecule has 140 valence electrons. The standard InChI is InChI=1S/C17H25FN2O4S/c1-20(2)25(23,24)19-15-8-6-12(7-9-15)16(21)11-17(22)13-4-3-5-14(18)10-13/h4,10,12,15,19H,3,5-9,11H2,1-2H3. The molecule has 2 aliphatic rings.